The zero-order chi connectivity index (χ0) is 18.5. The summed E-state index contributed by atoms with van der Waals surface area (Å²) in [6.07, 6.45) is 5.44. The summed E-state index contributed by atoms with van der Waals surface area (Å²) in [5, 5.41) is 9.80. The molecule has 134 valence electrons. The molecule has 2 N–H and O–H groups in total. The molecule has 2 heterocycles. The molecule has 0 aliphatic rings. The number of nitrogens with zero attached hydrogens (tertiary/aromatic N) is 2. The zero-order valence-corrected chi connectivity index (χ0v) is 14.7. The van der Waals surface area contributed by atoms with Gasteiger partial charge < -0.3 is 15.1 Å². The number of benzene rings is 1. The Morgan fingerprint density at radius 3 is 2.69 bits per heavy atom. The molecule has 2 aromatic heterocycles. The fourth-order valence-corrected chi connectivity index (χ4v) is 2.50. The van der Waals surface area contributed by atoms with Crippen LogP contribution in [0.1, 0.15) is 28.1 Å². The second kappa shape index (κ2) is 7.69. The number of aromatic nitrogens is 2. The zero-order valence-electron chi connectivity index (χ0n) is 14.7. The summed E-state index contributed by atoms with van der Waals surface area (Å²) < 4.78 is 6.82. The van der Waals surface area contributed by atoms with Crippen molar-refractivity contribution in [3.8, 4) is 0 Å². The van der Waals surface area contributed by atoms with Gasteiger partial charge in [-0.15, -0.1) is 0 Å². The predicted molar refractivity (Wildman–Crippen MR) is 98.1 cm³/mol. The monoisotopic (exact) mass is 352 g/mol. The normalized spacial score (nSPS) is 10.5. The first kappa shape index (κ1) is 17.5. The lowest BCUT2D eigenvalue weighted by Gasteiger charge is -2.10. The molecule has 26 heavy (non-hydrogen) atoms. The predicted octanol–water partition coefficient (Wildman–Crippen LogP) is 3.37. The number of aryl methyl sites for hydroxylation is 3. The molecule has 0 aliphatic carbocycles. The summed E-state index contributed by atoms with van der Waals surface area (Å²) in [4.78, 5) is 24.1. The lowest BCUT2D eigenvalue weighted by molar-refractivity contribution is -0.116. The Hall–Kier alpha value is -3.35. The van der Waals surface area contributed by atoms with Crippen molar-refractivity contribution in [1.82, 2.24) is 9.78 Å². The van der Waals surface area contributed by atoms with E-state index in [9.17, 15) is 9.59 Å². The first-order valence-electron chi connectivity index (χ1n) is 8.25. The molecule has 2 amide bonds. The van der Waals surface area contributed by atoms with Crippen molar-refractivity contribution in [2.45, 2.75) is 26.8 Å². The first-order chi connectivity index (χ1) is 12.5. The van der Waals surface area contributed by atoms with Crippen molar-refractivity contribution < 1.29 is 14.0 Å². The van der Waals surface area contributed by atoms with Crippen molar-refractivity contribution >= 4 is 23.2 Å². The van der Waals surface area contributed by atoms with Gasteiger partial charge >= 0.3 is 0 Å². The van der Waals surface area contributed by atoms with E-state index >= 15 is 0 Å². The minimum Gasteiger partial charge on any atom is -0.459 e. The fraction of sp³-hybridized carbons (Fsp3) is 0.211. The number of anilines is 2. The molecule has 7 nitrogen and oxygen atoms in total. The summed E-state index contributed by atoms with van der Waals surface area (Å²) in [5.41, 5.74) is 3.25. The molecule has 3 aromatic rings. The van der Waals surface area contributed by atoms with Gasteiger partial charge in [-0.05, 0) is 55.3 Å². The van der Waals surface area contributed by atoms with Crippen LogP contribution in [0.4, 0.5) is 11.4 Å². The number of hydrogen-bond acceptors (Lipinski definition) is 4. The van der Waals surface area contributed by atoms with E-state index in [4.69, 9.17) is 4.42 Å². The Morgan fingerprint density at radius 1 is 1.19 bits per heavy atom. The minimum atomic E-state index is -0.315. The molecular formula is C19H20N4O3. The van der Waals surface area contributed by atoms with Gasteiger partial charge in [-0.2, -0.15) is 5.10 Å². The van der Waals surface area contributed by atoms with E-state index in [0.717, 1.165) is 11.1 Å². The van der Waals surface area contributed by atoms with Crippen LogP contribution in [-0.2, 0) is 11.3 Å². The second-order valence-electron chi connectivity index (χ2n) is 6.04. The molecule has 0 radical (unpaired) electrons. The standard InChI is InChI=1S/C19H20N4O3/c1-13-11-20-23(12-13)8-7-18(24)21-15-5-6-16(14(2)10-15)22-19(25)17-4-3-9-26-17/h3-6,9-12H,7-8H2,1-2H3,(H,21,24)(H,22,25). The van der Waals surface area contributed by atoms with Crippen LogP contribution in [0.5, 0.6) is 0 Å². The quantitative estimate of drug-likeness (QED) is 0.712. The van der Waals surface area contributed by atoms with Crippen molar-refractivity contribution in [3.63, 3.8) is 0 Å². The number of carbonyl (C=O) groups excluding carboxylic acids is 2. The Kier molecular flexibility index (Phi) is 5.17. The van der Waals surface area contributed by atoms with Crippen molar-refractivity contribution in [3.05, 3.63) is 65.9 Å². The molecule has 1 aromatic carbocycles. The lowest BCUT2D eigenvalue weighted by atomic mass is 10.1. The van der Waals surface area contributed by atoms with E-state index in [2.05, 4.69) is 15.7 Å². The van der Waals surface area contributed by atoms with Gasteiger partial charge in [0.25, 0.3) is 5.91 Å². The van der Waals surface area contributed by atoms with Crippen molar-refractivity contribution in [2.24, 2.45) is 0 Å². The third-order valence-electron chi connectivity index (χ3n) is 3.83. The molecule has 0 atom stereocenters. The van der Waals surface area contributed by atoms with E-state index in [-0.39, 0.29) is 17.6 Å². The number of amides is 2. The molecule has 0 unspecified atom stereocenters. The van der Waals surface area contributed by atoms with Crippen LogP contribution >= 0.6 is 0 Å². The smallest absolute Gasteiger partial charge is 0.291 e. The molecule has 3 rings (SSSR count). The highest BCUT2D eigenvalue weighted by Gasteiger charge is 2.11. The summed E-state index contributed by atoms with van der Waals surface area (Å²) in [7, 11) is 0. The van der Waals surface area contributed by atoms with Crippen LogP contribution < -0.4 is 10.6 Å². The van der Waals surface area contributed by atoms with Gasteiger partial charge in [0.05, 0.1) is 12.5 Å². The summed E-state index contributed by atoms with van der Waals surface area (Å²) in [5.74, 6) is -0.162. The molecule has 0 aliphatic heterocycles. The van der Waals surface area contributed by atoms with E-state index in [1.165, 1.54) is 6.26 Å². The van der Waals surface area contributed by atoms with Crippen molar-refractivity contribution in [1.29, 1.82) is 0 Å². The first-order valence-corrected chi connectivity index (χ1v) is 8.25. The fourth-order valence-electron chi connectivity index (χ4n) is 2.50. The van der Waals surface area contributed by atoms with E-state index in [0.29, 0.717) is 24.3 Å². The molecule has 0 fully saturated rings. The van der Waals surface area contributed by atoms with E-state index in [1.54, 1.807) is 35.1 Å². The van der Waals surface area contributed by atoms with Crippen molar-refractivity contribution in [2.75, 3.05) is 10.6 Å². The van der Waals surface area contributed by atoms with Crippen LogP contribution in [0.3, 0.4) is 0 Å². The van der Waals surface area contributed by atoms with Crippen LogP contribution in [0.2, 0.25) is 0 Å². The third-order valence-corrected chi connectivity index (χ3v) is 3.83. The molecule has 0 saturated carbocycles. The minimum absolute atomic E-state index is 0.0927. The number of nitrogens with one attached hydrogen (secondary N) is 2. The topological polar surface area (TPSA) is 89.2 Å². The van der Waals surface area contributed by atoms with Crippen LogP contribution in [0.15, 0.2) is 53.4 Å². The Labute approximate surface area is 151 Å². The second-order valence-corrected chi connectivity index (χ2v) is 6.04. The molecule has 0 spiro atoms. The largest absolute Gasteiger partial charge is 0.459 e. The van der Waals surface area contributed by atoms with Crippen LogP contribution in [0, 0.1) is 13.8 Å². The van der Waals surface area contributed by atoms with Gasteiger partial charge in [-0.1, -0.05) is 0 Å². The highest BCUT2D eigenvalue weighted by Crippen LogP contribution is 2.20. The molecule has 7 heteroatoms. The van der Waals surface area contributed by atoms with Gasteiger partial charge in [0.2, 0.25) is 5.91 Å². The summed E-state index contributed by atoms with van der Waals surface area (Å²) in [6.45, 7) is 4.34. The maximum atomic E-state index is 12.1. The Bertz CT molecular complexity index is 913. The summed E-state index contributed by atoms with van der Waals surface area (Å²) >= 11 is 0. The SMILES string of the molecule is Cc1cnn(CCC(=O)Nc2ccc(NC(=O)c3ccco3)c(C)c2)c1. The van der Waals surface area contributed by atoms with E-state index < -0.39 is 0 Å². The Morgan fingerprint density at radius 2 is 2.04 bits per heavy atom. The van der Waals surface area contributed by atoms with Gasteiger partial charge in [0.1, 0.15) is 0 Å². The number of carbonyl (C=O) groups is 2. The molecular weight excluding hydrogens is 332 g/mol. The highest BCUT2D eigenvalue weighted by atomic mass is 16.3. The maximum Gasteiger partial charge on any atom is 0.291 e. The lowest BCUT2D eigenvalue weighted by Crippen LogP contribution is -2.15. The maximum absolute atomic E-state index is 12.1. The van der Waals surface area contributed by atoms with E-state index in [1.807, 2.05) is 26.1 Å². The average Bonchev–Trinajstić information content (AvgIpc) is 3.27. The Balaban J connectivity index is 1.56. The summed E-state index contributed by atoms with van der Waals surface area (Å²) in [6, 6.07) is 8.57. The van der Waals surface area contributed by atoms with Crippen LogP contribution in [-0.4, -0.2) is 21.6 Å². The van der Waals surface area contributed by atoms with Gasteiger partial charge in [0, 0.05) is 30.5 Å². The number of rotatable bonds is 6. The third kappa shape index (κ3) is 4.38. The van der Waals surface area contributed by atoms with Crippen LogP contribution in [0.25, 0.3) is 0 Å². The average molecular weight is 352 g/mol. The number of furan rings is 1. The molecule has 0 bridgehead atoms. The van der Waals surface area contributed by atoms with Gasteiger partial charge in [0.15, 0.2) is 5.76 Å². The van der Waals surface area contributed by atoms with Gasteiger partial charge in [-0.25, -0.2) is 0 Å². The highest BCUT2D eigenvalue weighted by molar-refractivity contribution is 6.02. The van der Waals surface area contributed by atoms with Gasteiger partial charge in [-0.3, -0.25) is 14.3 Å². The molecule has 0 saturated heterocycles. The number of hydrogen-bond donors (Lipinski definition) is 2.